The summed E-state index contributed by atoms with van der Waals surface area (Å²) in [4.78, 5) is 4.76. The van der Waals surface area contributed by atoms with Gasteiger partial charge in [-0.25, -0.2) is 4.99 Å². The van der Waals surface area contributed by atoms with E-state index in [1.807, 2.05) is 17.9 Å². The maximum atomic E-state index is 6.19. The standard InChI is InChI=1S/C22H33N5O2.HI/c1-4-23-22(24-10-5-6-18-13-26-27(3)15-18)25-14-19-8-7-17(2)12-21(19)29-20-9-11-28-16-20;/h7-8,12-13,15,20H,4-6,9-11,14,16H2,1-3H3,(H2,23,24,25);1H. The molecule has 2 heterocycles. The first-order valence-corrected chi connectivity index (χ1v) is 10.5. The fourth-order valence-electron chi connectivity index (χ4n) is 3.29. The van der Waals surface area contributed by atoms with E-state index in [1.54, 1.807) is 0 Å². The molecule has 1 aliphatic rings. The molecule has 1 aromatic heterocycles. The number of hydrogen-bond acceptors (Lipinski definition) is 4. The van der Waals surface area contributed by atoms with E-state index in [9.17, 15) is 0 Å². The zero-order valence-corrected chi connectivity index (χ0v) is 20.5. The van der Waals surface area contributed by atoms with Gasteiger partial charge < -0.3 is 20.1 Å². The molecule has 1 fully saturated rings. The van der Waals surface area contributed by atoms with Crippen LogP contribution >= 0.6 is 24.0 Å². The predicted octanol–water partition coefficient (Wildman–Crippen LogP) is 3.20. The average molecular weight is 527 g/mol. The number of aromatic nitrogens is 2. The Kier molecular flexibility index (Phi) is 10.4. The van der Waals surface area contributed by atoms with Crippen molar-refractivity contribution in [1.82, 2.24) is 20.4 Å². The number of hydrogen-bond donors (Lipinski definition) is 2. The van der Waals surface area contributed by atoms with Crippen LogP contribution in [0.4, 0.5) is 0 Å². The van der Waals surface area contributed by atoms with Crippen LogP contribution in [-0.2, 0) is 24.8 Å². The molecule has 1 saturated heterocycles. The number of halogens is 1. The Morgan fingerprint density at radius 1 is 1.37 bits per heavy atom. The predicted molar refractivity (Wildman–Crippen MR) is 131 cm³/mol. The van der Waals surface area contributed by atoms with Crippen LogP contribution in [0.2, 0.25) is 0 Å². The topological polar surface area (TPSA) is 72.7 Å². The quantitative estimate of drug-likeness (QED) is 0.227. The maximum absolute atomic E-state index is 6.19. The van der Waals surface area contributed by atoms with E-state index >= 15 is 0 Å². The molecule has 0 radical (unpaired) electrons. The summed E-state index contributed by atoms with van der Waals surface area (Å²) in [5.41, 5.74) is 3.54. The van der Waals surface area contributed by atoms with Crippen LogP contribution in [-0.4, -0.2) is 48.1 Å². The molecule has 7 nitrogen and oxygen atoms in total. The largest absolute Gasteiger partial charge is 0.488 e. The monoisotopic (exact) mass is 527 g/mol. The van der Waals surface area contributed by atoms with Crippen LogP contribution in [0.25, 0.3) is 0 Å². The zero-order valence-electron chi connectivity index (χ0n) is 18.2. The Bertz CT molecular complexity index is 803. The number of aliphatic imine (C=N–C) groups is 1. The molecule has 0 spiro atoms. The number of benzene rings is 1. The van der Waals surface area contributed by atoms with Crippen LogP contribution in [0.15, 0.2) is 35.6 Å². The highest BCUT2D eigenvalue weighted by Gasteiger charge is 2.18. The molecule has 0 aliphatic carbocycles. The molecular formula is C22H34IN5O2. The van der Waals surface area contributed by atoms with Gasteiger partial charge in [0, 0.05) is 38.3 Å². The first-order chi connectivity index (χ1) is 14.1. The molecule has 0 amide bonds. The molecule has 8 heteroatoms. The van der Waals surface area contributed by atoms with Gasteiger partial charge in [0.15, 0.2) is 5.96 Å². The van der Waals surface area contributed by atoms with Gasteiger partial charge in [0.2, 0.25) is 0 Å². The maximum Gasteiger partial charge on any atom is 0.191 e. The van der Waals surface area contributed by atoms with Crippen molar-refractivity contribution >= 4 is 29.9 Å². The molecule has 2 aromatic rings. The second-order valence-corrected chi connectivity index (χ2v) is 7.46. The first kappa shape index (κ1) is 24.5. The number of guanidine groups is 1. The Morgan fingerprint density at radius 3 is 2.93 bits per heavy atom. The highest BCUT2D eigenvalue weighted by Crippen LogP contribution is 2.24. The number of ether oxygens (including phenoxy) is 2. The van der Waals surface area contributed by atoms with Gasteiger partial charge in [-0.1, -0.05) is 12.1 Å². The molecule has 3 rings (SSSR count). The number of nitrogens with one attached hydrogen (secondary N) is 2. The van der Waals surface area contributed by atoms with E-state index in [2.05, 4.69) is 54.0 Å². The summed E-state index contributed by atoms with van der Waals surface area (Å²) in [5, 5.41) is 11.0. The van der Waals surface area contributed by atoms with Gasteiger partial charge in [0.1, 0.15) is 11.9 Å². The fraction of sp³-hybridized carbons (Fsp3) is 0.545. The van der Waals surface area contributed by atoms with Crippen LogP contribution in [0.3, 0.4) is 0 Å². The summed E-state index contributed by atoms with van der Waals surface area (Å²) >= 11 is 0. The first-order valence-electron chi connectivity index (χ1n) is 10.5. The van der Waals surface area contributed by atoms with Crippen molar-refractivity contribution in [3.05, 3.63) is 47.3 Å². The zero-order chi connectivity index (χ0) is 20.5. The van der Waals surface area contributed by atoms with Crippen molar-refractivity contribution < 1.29 is 9.47 Å². The molecule has 1 aliphatic heterocycles. The summed E-state index contributed by atoms with van der Waals surface area (Å²) in [6.45, 7) is 7.85. The van der Waals surface area contributed by atoms with Crippen LogP contribution in [0.5, 0.6) is 5.75 Å². The summed E-state index contributed by atoms with van der Waals surface area (Å²) in [7, 11) is 1.94. The molecule has 30 heavy (non-hydrogen) atoms. The SMILES string of the molecule is CCNC(=NCc1ccc(C)cc1OC1CCOC1)NCCCc1cnn(C)c1.I. The smallest absolute Gasteiger partial charge is 0.191 e. The van der Waals surface area contributed by atoms with E-state index in [4.69, 9.17) is 14.5 Å². The third-order valence-electron chi connectivity index (χ3n) is 4.85. The molecule has 0 saturated carbocycles. The van der Waals surface area contributed by atoms with Crippen LogP contribution < -0.4 is 15.4 Å². The van der Waals surface area contributed by atoms with E-state index in [0.717, 1.165) is 56.2 Å². The van der Waals surface area contributed by atoms with Gasteiger partial charge in [0.25, 0.3) is 0 Å². The third-order valence-corrected chi connectivity index (χ3v) is 4.85. The van der Waals surface area contributed by atoms with Gasteiger partial charge >= 0.3 is 0 Å². The summed E-state index contributed by atoms with van der Waals surface area (Å²) in [6, 6.07) is 6.31. The molecule has 1 atom stereocenters. The van der Waals surface area contributed by atoms with E-state index in [1.165, 1.54) is 11.1 Å². The Morgan fingerprint density at radius 2 is 2.23 bits per heavy atom. The molecular weight excluding hydrogens is 493 g/mol. The Hall–Kier alpha value is -1.81. The van der Waals surface area contributed by atoms with Gasteiger partial charge in [0.05, 0.1) is 26.0 Å². The highest BCUT2D eigenvalue weighted by atomic mass is 127. The van der Waals surface area contributed by atoms with Crippen molar-refractivity contribution in [2.75, 3.05) is 26.3 Å². The second kappa shape index (κ2) is 12.8. The lowest BCUT2D eigenvalue weighted by Gasteiger charge is -2.16. The van der Waals surface area contributed by atoms with Crippen molar-refractivity contribution in [1.29, 1.82) is 0 Å². The number of rotatable bonds is 9. The minimum Gasteiger partial charge on any atom is -0.488 e. The van der Waals surface area contributed by atoms with Crippen molar-refractivity contribution in [2.24, 2.45) is 12.0 Å². The van der Waals surface area contributed by atoms with Gasteiger partial charge in [-0.15, -0.1) is 24.0 Å². The minimum atomic E-state index is 0. The average Bonchev–Trinajstić information content (AvgIpc) is 3.36. The lowest BCUT2D eigenvalue weighted by atomic mass is 10.1. The molecule has 166 valence electrons. The molecule has 0 bridgehead atoms. The van der Waals surface area contributed by atoms with Crippen molar-refractivity contribution in [3.8, 4) is 5.75 Å². The van der Waals surface area contributed by atoms with Crippen molar-refractivity contribution in [2.45, 2.75) is 45.8 Å². The minimum absolute atomic E-state index is 0. The van der Waals surface area contributed by atoms with Gasteiger partial charge in [-0.05, 0) is 43.9 Å². The summed E-state index contributed by atoms with van der Waals surface area (Å²) in [6.07, 6.45) is 7.09. The summed E-state index contributed by atoms with van der Waals surface area (Å²) in [5.74, 6) is 1.74. The molecule has 1 unspecified atom stereocenters. The lowest BCUT2D eigenvalue weighted by Crippen LogP contribution is -2.37. The van der Waals surface area contributed by atoms with E-state index < -0.39 is 0 Å². The number of nitrogens with zero attached hydrogens (tertiary/aromatic N) is 3. The Balaban J connectivity index is 0.00000320. The Labute approximate surface area is 196 Å². The normalized spacial score (nSPS) is 16.2. The van der Waals surface area contributed by atoms with Crippen LogP contribution in [0.1, 0.15) is 36.5 Å². The second-order valence-electron chi connectivity index (χ2n) is 7.46. The van der Waals surface area contributed by atoms with E-state index in [0.29, 0.717) is 13.2 Å². The summed E-state index contributed by atoms with van der Waals surface area (Å²) < 4.78 is 13.5. The number of aryl methyl sites for hydroxylation is 3. The highest BCUT2D eigenvalue weighted by molar-refractivity contribution is 14.0. The third kappa shape index (κ3) is 7.79. The molecule has 1 aromatic carbocycles. The van der Waals surface area contributed by atoms with Gasteiger partial charge in [-0.3, -0.25) is 4.68 Å². The van der Waals surface area contributed by atoms with Crippen molar-refractivity contribution in [3.63, 3.8) is 0 Å². The lowest BCUT2D eigenvalue weighted by molar-refractivity contribution is 0.140. The van der Waals surface area contributed by atoms with Gasteiger partial charge in [-0.2, -0.15) is 5.10 Å². The molecule has 2 N–H and O–H groups in total. The van der Waals surface area contributed by atoms with Crippen LogP contribution in [0, 0.1) is 6.92 Å². The fourth-order valence-corrected chi connectivity index (χ4v) is 3.29. The van der Waals surface area contributed by atoms with E-state index in [-0.39, 0.29) is 30.1 Å².